The molecule has 9 nitrogen and oxygen atoms in total. The molecule has 4 heterocycles. The van der Waals surface area contributed by atoms with Crippen LogP contribution in [0, 0.1) is 0 Å². The molecule has 0 radical (unpaired) electrons. The largest absolute Gasteiger partial charge is 0.379 e. The maximum Gasteiger partial charge on any atom is 0.275 e. The first-order valence-corrected chi connectivity index (χ1v) is 11.8. The average molecular weight is 464 g/mol. The van der Waals surface area contributed by atoms with Gasteiger partial charge in [0, 0.05) is 30.2 Å². The smallest absolute Gasteiger partial charge is 0.275 e. The van der Waals surface area contributed by atoms with Gasteiger partial charge in [-0.05, 0) is 30.2 Å². The van der Waals surface area contributed by atoms with Gasteiger partial charge in [-0.15, -0.1) is 11.3 Å². The van der Waals surface area contributed by atoms with Crippen molar-refractivity contribution < 1.29 is 9.53 Å². The van der Waals surface area contributed by atoms with Gasteiger partial charge in [0.1, 0.15) is 22.7 Å². The fraction of sp³-hybridized carbons (Fsp3) is 0.304. The minimum atomic E-state index is -0.277. The molecular formula is C23H25N7O2S. The zero-order valence-electron chi connectivity index (χ0n) is 18.3. The normalized spacial score (nSPS) is 14.5. The van der Waals surface area contributed by atoms with Gasteiger partial charge in [-0.1, -0.05) is 19.1 Å². The van der Waals surface area contributed by atoms with Gasteiger partial charge in [-0.3, -0.25) is 14.8 Å². The number of H-pyrrole nitrogens is 1. The summed E-state index contributed by atoms with van der Waals surface area (Å²) < 4.78 is 5.40. The van der Waals surface area contributed by atoms with E-state index in [2.05, 4.69) is 48.7 Å². The number of hydrogen-bond acceptors (Lipinski definition) is 8. The number of benzene rings is 1. The standard InChI is InChI=1S/C23H25N7O2S/c1-2-17-11-18-21(24-14-25-23(18)33-17)28-19-12-26-29-20(19)22(31)27-16-5-3-15(4-6-16)13-30-7-9-32-10-8-30/h3-6,11-12,14H,2,7-10,13H2,1H3,(H,26,29)(H,27,31)(H,24,25,28). The van der Waals surface area contributed by atoms with E-state index >= 15 is 0 Å². The molecule has 0 atom stereocenters. The number of carbonyl (C=O) groups excluding carboxylic acids is 1. The monoisotopic (exact) mass is 463 g/mol. The Hall–Kier alpha value is -3.34. The summed E-state index contributed by atoms with van der Waals surface area (Å²) in [7, 11) is 0. The molecular weight excluding hydrogens is 438 g/mol. The van der Waals surface area contributed by atoms with Crippen LogP contribution < -0.4 is 10.6 Å². The second-order valence-electron chi connectivity index (χ2n) is 7.83. The number of carbonyl (C=O) groups is 1. The van der Waals surface area contributed by atoms with Crippen LogP contribution >= 0.6 is 11.3 Å². The molecule has 1 aliphatic heterocycles. The molecule has 0 spiro atoms. The predicted molar refractivity (Wildman–Crippen MR) is 129 cm³/mol. The molecule has 1 saturated heterocycles. The number of rotatable bonds is 7. The lowest BCUT2D eigenvalue weighted by Gasteiger charge is -2.26. The van der Waals surface area contributed by atoms with Crippen molar-refractivity contribution in [1.82, 2.24) is 25.1 Å². The van der Waals surface area contributed by atoms with Gasteiger partial charge in [0.2, 0.25) is 0 Å². The van der Waals surface area contributed by atoms with Crippen molar-refractivity contribution in [2.75, 3.05) is 36.9 Å². The Bertz CT molecular complexity index is 1250. The van der Waals surface area contributed by atoms with Crippen LogP contribution in [0.15, 0.2) is 42.9 Å². The van der Waals surface area contributed by atoms with Crippen molar-refractivity contribution in [3.63, 3.8) is 0 Å². The SMILES string of the molecule is CCc1cc2c(Nc3cn[nH]c3C(=O)Nc3ccc(CN4CCOCC4)cc3)ncnc2s1. The molecule has 0 unspecified atom stereocenters. The Morgan fingerprint density at radius 2 is 2.03 bits per heavy atom. The first-order chi connectivity index (χ1) is 16.2. The molecule has 3 N–H and O–H groups in total. The number of aromatic amines is 1. The predicted octanol–water partition coefficient (Wildman–Crippen LogP) is 3.80. The van der Waals surface area contributed by atoms with Gasteiger partial charge < -0.3 is 15.4 Å². The molecule has 1 aromatic carbocycles. The van der Waals surface area contributed by atoms with Crippen LogP contribution in [0.5, 0.6) is 0 Å². The van der Waals surface area contributed by atoms with E-state index in [0.717, 1.165) is 55.2 Å². The van der Waals surface area contributed by atoms with Crippen LogP contribution in [-0.4, -0.2) is 57.3 Å². The van der Waals surface area contributed by atoms with Crippen molar-refractivity contribution in [2.45, 2.75) is 19.9 Å². The summed E-state index contributed by atoms with van der Waals surface area (Å²) in [6.45, 7) is 6.43. The zero-order valence-corrected chi connectivity index (χ0v) is 19.1. The Kier molecular flexibility index (Phi) is 6.29. The topological polar surface area (TPSA) is 108 Å². The van der Waals surface area contributed by atoms with E-state index in [4.69, 9.17) is 4.74 Å². The Labute approximate surface area is 195 Å². The maximum atomic E-state index is 12.9. The molecule has 4 aromatic rings. The minimum absolute atomic E-state index is 0.277. The van der Waals surface area contributed by atoms with Gasteiger partial charge in [0.05, 0.1) is 30.5 Å². The summed E-state index contributed by atoms with van der Waals surface area (Å²) in [4.78, 5) is 26.2. The Morgan fingerprint density at radius 1 is 1.21 bits per heavy atom. The minimum Gasteiger partial charge on any atom is -0.379 e. The summed E-state index contributed by atoms with van der Waals surface area (Å²) in [6, 6.07) is 10.00. The van der Waals surface area contributed by atoms with Crippen LogP contribution in [0.1, 0.15) is 27.9 Å². The molecule has 170 valence electrons. The molecule has 1 aliphatic rings. The number of nitrogens with zero attached hydrogens (tertiary/aromatic N) is 4. The van der Waals surface area contributed by atoms with Crippen molar-refractivity contribution >= 4 is 44.7 Å². The molecule has 33 heavy (non-hydrogen) atoms. The summed E-state index contributed by atoms with van der Waals surface area (Å²) in [5.41, 5.74) is 2.82. The van der Waals surface area contributed by atoms with E-state index in [1.807, 2.05) is 24.3 Å². The van der Waals surface area contributed by atoms with Crippen molar-refractivity contribution in [1.29, 1.82) is 0 Å². The van der Waals surface area contributed by atoms with Gasteiger partial charge in [-0.25, -0.2) is 9.97 Å². The fourth-order valence-corrected chi connectivity index (χ4v) is 4.70. The molecule has 1 fully saturated rings. The van der Waals surface area contributed by atoms with Gasteiger partial charge in [0.15, 0.2) is 0 Å². The lowest BCUT2D eigenvalue weighted by Crippen LogP contribution is -2.35. The van der Waals surface area contributed by atoms with E-state index in [1.165, 1.54) is 16.8 Å². The Morgan fingerprint density at radius 3 is 2.82 bits per heavy atom. The third kappa shape index (κ3) is 4.87. The van der Waals surface area contributed by atoms with E-state index in [1.54, 1.807) is 17.5 Å². The maximum absolute atomic E-state index is 12.9. The van der Waals surface area contributed by atoms with Gasteiger partial charge in [-0.2, -0.15) is 5.10 Å². The fourth-order valence-electron chi connectivity index (χ4n) is 3.77. The second-order valence-corrected chi connectivity index (χ2v) is 8.95. The first-order valence-electron chi connectivity index (χ1n) is 10.9. The molecule has 0 aliphatic carbocycles. The number of ether oxygens (including phenoxy) is 1. The highest BCUT2D eigenvalue weighted by molar-refractivity contribution is 7.18. The van der Waals surface area contributed by atoms with E-state index in [9.17, 15) is 4.79 Å². The zero-order chi connectivity index (χ0) is 22.6. The quantitative estimate of drug-likeness (QED) is 0.382. The number of anilines is 3. The first kappa shape index (κ1) is 21.5. The lowest BCUT2D eigenvalue weighted by molar-refractivity contribution is 0.0342. The highest BCUT2D eigenvalue weighted by Gasteiger charge is 2.17. The van der Waals surface area contributed by atoms with Crippen LogP contribution in [0.25, 0.3) is 10.2 Å². The molecule has 0 saturated carbocycles. The van der Waals surface area contributed by atoms with Crippen LogP contribution in [0.4, 0.5) is 17.2 Å². The van der Waals surface area contributed by atoms with E-state index in [-0.39, 0.29) is 5.91 Å². The van der Waals surface area contributed by atoms with E-state index < -0.39 is 0 Å². The van der Waals surface area contributed by atoms with Gasteiger partial charge >= 0.3 is 0 Å². The lowest BCUT2D eigenvalue weighted by atomic mass is 10.2. The molecule has 5 rings (SSSR count). The van der Waals surface area contributed by atoms with E-state index in [0.29, 0.717) is 17.2 Å². The van der Waals surface area contributed by atoms with Crippen LogP contribution in [-0.2, 0) is 17.7 Å². The van der Waals surface area contributed by atoms with Crippen molar-refractivity contribution in [2.24, 2.45) is 0 Å². The van der Waals surface area contributed by atoms with Crippen molar-refractivity contribution in [3.8, 4) is 0 Å². The highest BCUT2D eigenvalue weighted by atomic mass is 32.1. The number of amides is 1. The van der Waals surface area contributed by atoms with Crippen LogP contribution in [0.2, 0.25) is 0 Å². The molecule has 3 aromatic heterocycles. The number of hydrogen-bond donors (Lipinski definition) is 3. The number of aromatic nitrogens is 4. The second kappa shape index (κ2) is 9.65. The summed E-state index contributed by atoms with van der Waals surface area (Å²) in [5, 5.41) is 14.0. The summed E-state index contributed by atoms with van der Waals surface area (Å²) >= 11 is 1.65. The Balaban J connectivity index is 1.27. The van der Waals surface area contributed by atoms with Gasteiger partial charge in [0.25, 0.3) is 5.91 Å². The number of morpholine rings is 1. The number of nitrogens with one attached hydrogen (secondary N) is 3. The molecule has 1 amide bonds. The number of aryl methyl sites for hydroxylation is 1. The molecule has 0 bridgehead atoms. The highest BCUT2D eigenvalue weighted by Crippen LogP contribution is 2.30. The third-order valence-electron chi connectivity index (χ3n) is 5.57. The van der Waals surface area contributed by atoms with Crippen LogP contribution in [0.3, 0.4) is 0 Å². The van der Waals surface area contributed by atoms with Crippen molar-refractivity contribution in [3.05, 3.63) is 59.0 Å². The number of fused-ring (bicyclic) bond motifs is 1. The third-order valence-corrected chi connectivity index (χ3v) is 6.76. The molecule has 10 heteroatoms. The summed E-state index contributed by atoms with van der Waals surface area (Å²) in [6.07, 6.45) is 4.05. The summed E-state index contributed by atoms with van der Waals surface area (Å²) in [5.74, 6) is 0.375. The average Bonchev–Trinajstić information content (AvgIpc) is 3.48. The number of thiophene rings is 1.